The van der Waals surface area contributed by atoms with Crippen molar-refractivity contribution >= 4 is 11.7 Å². The third-order valence-corrected chi connectivity index (χ3v) is 4.23. The van der Waals surface area contributed by atoms with Gasteiger partial charge in [-0.05, 0) is 48.7 Å². The number of rotatable bonds is 9. The van der Waals surface area contributed by atoms with E-state index in [0.717, 1.165) is 16.9 Å². The summed E-state index contributed by atoms with van der Waals surface area (Å²) in [4.78, 5) is 16.5. The van der Waals surface area contributed by atoms with Crippen LogP contribution in [0.3, 0.4) is 0 Å². The zero-order valence-electron chi connectivity index (χ0n) is 15.9. The number of aryl methyl sites for hydroxylation is 1. The van der Waals surface area contributed by atoms with Crippen LogP contribution in [0, 0.1) is 6.92 Å². The number of para-hydroxylation sites is 1. The molecule has 0 radical (unpaired) electrons. The Morgan fingerprint density at radius 3 is 2.57 bits per heavy atom. The van der Waals surface area contributed by atoms with Gasteiger partial charge in [0.2, 0.25) is 5.91 Å². The molecule has 0 aliphatic rings. The number of nitrogens with one attached hydrogen (secondary N) is 1. The van der Waals surface area contributed by atoms with Crippen LogP contribution in [0.4, 0.5) is 5.82 Å². The lowest BCUT2D eigenvalue weighted by Gasteiger charge is -2.12. The third kappa shape index (κ3) is 5.84. The van der Waals surface area contributed by atoms with E-state index in [1.807, 2.05) is 61.5 Å². The summed E-state index contributed by atoms with van der Waals surface area (Å²) in [5, 5.41) is 2.83. The van der Waals surface area contributed by atoms with E-state index in [1.54, 1.807) is 18.3 Å². The molecule has 1 amide bonds. The standard InChI is InChI=1S/C23H24N2O3/c1-18-9-5-6-10-19(18)17-28-21-13-7-15-24-23(21)25-22(26)14-8-16-27-20-11-3-2-4-12-20/h2-7,9-13,15H,8,14,16-17H2,1H3,(H,24,25,26). The Labute approximate surface area is 165 Å². The molecule has 144 valence electrons. The maximum Gasteiger partial charge on any atom is 0.225 e. The van der Waals surface area contributed by atoms with Crippen molar-refractivity contribution in [2.75, 3.05) is 11.9 Å². The molecule has 1 N–H and O–H groups in total. The van der Waals surface area contributed by atoms with Crippen molar-refractivity contribution < 1.29 is 14.3 Å². The first kappa shape index (κ1) is 19.4. The number of amides is 1. The highest BCUT2D eigenvalue weighted by molar-refractivity contribution is 5.91. The van der Waals surface area contributed by atoms with Crippen molar-refractivity contribution in [3.8, 4) is 11.5 Å². The van der Waals surface area contributed by atoms with Gasteiger partial charge < -0.3 is 14.8 Å². The van der Waals surface area contributed by atoms with Gasteiger partial charge in [0.15, 0.2) is 11.6 Å². The second-order valence-corrected chi connectivity index (χ2v) is 6.38. The summed E-state index contributed by atoms with van der Waals surface area (Å²) in [5.74, 6) is 1.68. The number of hydrogen-bond donors (Lipinski definition) is 1. The monoisotopic (exact) mass is 376 g/mol. The SMILES string of the molecule is Cc1ccccc1COc1cccnc1NC(=O)CCCOc1ccccc1. The molecule has 28 heavy (non-hydrogen) atoms. The summed E-state index contributed by atoms with van der Waals surface area (Å²) in [6.45, 7) is 2.95. The largest absolute Gasteiger partial charge is 0.494 e. The minimum Gasteiger partial charge on any atom is -0.494 e. The van der Waals surface area contributed by atoms with Gasteiger partial charge in [0.1, 0.15) is 12.4 Å². The quantitative estimate of drug-likeness (QED) is 0.547. The van der Waals surface area contributed by atoms with Crippen LogP contribution in [-0.4, -0.2) is 17.5 Å². The Morgan fingerprint density at radius 1 is 0.964 bits per heavy atom. The van der Waals surface area contributed by atoms with Crippen molar-refractivity contribution in [2.45, 2.75) is 26.4 Å². The summed E-state index contributed by atoms with van der Waals surface area (Å²) in [6, 6.07) is 21.2. The van der Waals surface area contributed by atoms with Crippen LogP contribution < -0.4 is 14.8 Å². The van der Waals surface area contributed by atoms with E-state index in [2.05, 4.69) is 10.3 Å². The van der Waals surface area contributed by atoms with Gasteiger partial charge in [0.05, 0.1) is 6.61 Å². The molecule has 3 rings (SSSR count). The molecular formula is C23H24N2O3. The maximum absolute atomic E-state index is 12.2. The predicted octanol–water partition coefficient (Wildman–Crippen LogP) is 4.77. The minimum absolute atomic E-state index is 0.115. The number of aromatic nitrogens is 1. The number of benzene rings is 2. The maximum atomic E-state index is 12.2. The molecule has 0 unspecified atom stereocenters. The lowest BCUT2D eigenvalue weighted by molar-refractivity contribution is -0.116. The van der Waals surface area contributed by atoms with E-state index in [1.165, 1.54) is 0 Å². The fourth-order valence-corrected chi connectivity index (χ4v) is 2.66. The molecular weight excluding hydrogens is 352 g/mol. The first-order valence-electron chi connectivity index (χ1n) is 9.32. The summed E-state index contributed by atoms with van der Waals surface area (Å²) >= 11 is 0. The summed E-state index contributed by atoms with van der Waals surface area (Å²) in [6.07, 6.45) is 2.60. The highest BCUT2D eigenvalue weighted by atomic mass is 16.5. The van der Waals surface area contributed by atoms with Crippen LogP contribution in [0.25, 0.3) is 0 Å². The van der Waals surface area contributed by atoms with Crippen molar-refractivity contribution in [3.63, 3.8) is 0 Å². The lowest BCUT2D eigenvalue weighted by Crippen LogP contribution is -2.14. The van der Waals surface area contributed by atoms with Gasteiger partial charge in [-0.2, -0.15) is 0 Å². The molecule has 2 aromatic carbocycles. The molecule has 5 nitrogen and oxygen atoms in total. The van der Waals surface area contributed by atoms with Gasteiger partial charge in [-0.1, -0.05) is 42.5 Å². The molecule has 0 bridgehead atoms. The van der Waals surface area contributed by atoms with Crippen LogP contribution in [0.5, 0.6) is 11.5 Å². The van der Waals surface area contributed by atoms with E-state index < -0.39 is 0 Å². The van der Waals surface area contributed by atoms with Gasteiger partial charge in [-0.25, -0.2) is 4.98 Å². The molecule has 1 heterocycles. The van der Waals surface area contributed by atoms with E-state index in [9.17, 15) is 4.79 Å². The van der Waals surface area contributed by atoms with Crippen LogP contribution in [0.1, 0.15) is 24.0 Å². The smallest absolute Gasteiger partial charge is 0.225 e. The number of pyridine rings is 1. The van der Waals surface area contributed by atoms with Gasteiger partial charge in [-0.15, -0.1) is 0 Å². The van der Waals surface area contributed by atoms with Crippen molar-refractivity contribution in [1.29, 1.82) is 0 Å². The average Bonchev–Trinajstić information content (AvgIpc) is 2.72. The molecule has 0 fully saturated rings. The van der Waals surface area contributed by atoms with Crippen LogP contribution in [0.15, 0.2) is 72.9 Å². The van der Waals surface area contributed by atoms with Gasteiger partial charge in [0.25, 0.3) is 0 Å². The van der Waals surface area contributed by atoms with Crippen LogP contribution in [-0.2, 0) is 11.4 Å². The fraction of sp³-hybridized carbons (Fsp3) is 0.217. The van der Waals surface area contributed by atoms with Crippen molar-refractivity contribution in [3.05, 3.63) is 84.1 Å². The van der Waals surface area contributed by atoms with E-state index in [0.29, 0.717) is 37.6 Å². The fourth-order valence-electron chi connectivity index (χ4n) is 2.66. The Hall–Kier alpha value is -3.34. The van der Waals surface area contributed by atoms with Crippen molar-refractivity contribution in [2.24, 2.45) is 0 Å². The van der Waals surface area contributed by atoms with E-state index >= 15 is 0 Å². The number of anilines is 1. The molecule has 0 saturated carbocycles. The molecule has 5 heteroatoms. The predicted molar refractivity (Wildman–Crippen MR) is 110 cm³/mol. The minimum atomic E-state index is -0.115. The molecule has 0 atom stereocenters. The number of hydrogen-bond acceptors (Lipinski definition) is 4. The van der Waals surface area contributed by atoms with Gasteiger partial charge >= 0.3 is 0 Å². The van der Waals surface area contributed by atoms with Crippen LogP contribution >= 0.6 is 0 Å². The molecule has 0 spiro atoms. The number of ether oxygens (including phenoxy) is 2. The van der Waals surface area contributed by atoms with Crippen molar-refractivity contribution in [1.82, 2.24) is 4.98 Å². The highest BCUT2D eigenvalue weighted by Gasteiger charge is 2.10. The molecule has 0 aliphatic carbocycles. The Bertz CT molecular complexity index is 897. The second kappa shape index (κ2) is 10.1. The normalized spacial score (nSPS) is 10.3. The van der Waals surface area contributed by atoms with Gasteiger partial charge in [-0.3, -0.25) is 4.79 Å². The topological polar surface area (TPSA) is 60.5 Å². The van der Waals surface area contributed by atoms with E-state index in [-0.39, 0.29) is 5.91 Å². The highest BCUT2D eigenvalue weighted by Crippen LogP contribution is 2.23. The lowest BCUT2D eigenvalue weighted by atomic mass is 10.1. The van der Waals surface area contributed by atoms with Gasteiger partial charge in [0, 0.05) is 12.6 Å². The molecule has 3 aromatic rings. The van der Waals surface area contributed by atoms with E-state index in [4.69, 9.17) is 9.47 Å². The first-order valence-corrected chi connectivity index (χ1v) is 9.32. The summed E-state index contributed by atoms with van der Waals surface area (Å²) < 4.78 is 11.5. The number of nitrogens with zero attached hydrogens (tertiary/aromatic N) is 1. The average molecular weight is 376 g/mol. The third-order valence-electron chi connectivity index (χ3n) is 4.23. The number of carbonyl (C=O) groups is 1. The Morgan fingerprint density at radius 2 is 1.75 bits per heavy atom. The number of carbonyl (C=O) groups excluding carboxylic acids is 1. The zero-order valence-corrected chi connectivity index (χ0v) is 15.9. The summed E-state index contributed by atoms with van der Waals surface area (Å²) in [7, 11) is 0. The molecule has 0 saturated heterocycles. The zero-order chi connectivity index (χ0) is 19.6. The Kier molecular flexibility index (Phi) is 7.01. The second-order valence-electron chi connectivity index (χ2n) is 6.38. The molecule has 1 aromatic heterocycles. The first-order chi connectivity index (χ1) is 13.7. The summed E-state index contributed by atoms with van der Waals surface area (Å²) in [5.41, 5.74) is 2.26. The molecule has 0 aliphatic heterocycles. The van der Waals surface area contributed by atoms with Crippen LogP contribution in [0.2, 0.25) is 0 Å². The Balaban J connectivity index is 1.48.